The normalized spacial score (nSPS) is 12.9. The average molecular weight is 316 g/mol. The third-order valence-electron chi connectivity index (χ3n) is 3.24. The number of esters is 1. The summed E-state index contributed by atoms with van der Waals surface area (Å²) in [6.45, 7) is 3.75. The van der Waals surface area contributed by atoms with Gasteiger partial charge >= 0.3 is 11.9 Å². The lowest BCUT2D eigenvalue weighted by Crippen LogP contribution is -2.35. The van der Waals surface area contributed by atoms with Gasteiger partial charge in [0.2, 0.25) is 0 Å². The van der Waals surface area contributed by atoms with E-state index in [9.17, 15) is 9.59 Å². The van der Waals surface area contributed by atoms with Crippen molar-refractivity contribution in [2.24, 2.45) is 5.92 Å². The van der Waals surface area contributed by atoms with E-state index in [-0.39, 0.29) is 24.3 Å². The first-order valence-corrected chi connectivity index (χ1v) is 6.68. The van der Waals surface area contributed by atoms with E-state index in [1.165, 1.54) is 0 Å². The largest absolute Gasteiger partial charge is 0.480 e. The van der Waals surface area contributed by atoms with Crippen LogP contribution >= 0.6 is 12.4 Å². The highest BCUT2D eigenvalue weighted by molar-refractivity contribution is 5.85. The van der Waals surface area contributed by atoms with Crippen LogP contribution in [-0.2, 0) is 16.0 Å². The Balaban J connectivity index is 0.00000400. The summed E-state index contributed by atoms with van der Waals surface area (Å²) in [6, 6.07) is 6.29. The number of aliphatic carboxylic acids is 1. The molecule has 1 rings (SSSR count). The number of hydrogen-bond acceptors (Lipinski definition) is 4. The second-order valence-corrected chi connectivity index (χ2v) is 4.76. The van der Waals surface area contributed by atoms with Crippen LogP contribution < -0.4 is 10.1 Å². The molecule has 0 spiro atoms. The molecule has 1 aromatic rings. The smallest absolute Gasteiger partial charge is 0.321 e. The molecule has 6 heteroatoms. The van der Waals surface area contributed by atoms with Gasteiger partial charge < -0.3 is 15.2 Å². The van der Waals surface area contributed by atoms with Crippen molar-refractivity contribution in [3.05, 3.63) is 29.8 Å². The van der Waals surface area contributed by atoms with Gasteiger partial charge in [0, 0.05) is 0 Å². The topological polar surface area (TPSA) is 75.6 Å². The fourth-order valence-electron chi connectivity index (χ4n) is 1.63. The van der Waals surface area contributed by atoms with Gasteiger partial charge in [0.15, 0.2) is 0 Å². The van der Waals surface area contributed by atoms with E-state index >= 15 is 0 Å². The van der Waals surface area contributed by atoms with Crippen molar-refractivity contribution in [3.63, 3.8) is 0 Å². The minimum atomic E-state index is -0.889. The zero-order valence-electron chi connectivity index (χ0n) is 12.5. The quantitative estimate of drug-likeness (QED) is 0.596. The highest BCUT2D eigenvalue weighted by Crippen LogP contribution is 2.16. The first-order valence-electron chi connectivity index (χ1n) is 6.68. The number of carbonyl (C=O) groups excluding carboxylic acids is 1. The summed E-state index contributed by atoms with van der Waals surface area (Å²) in [6.07, 6.45) is 1.12. The van der Waals surface area contributed by atoms with Gasteiger partial charge in [-0.1, -0.05) is 26.0 Å². The molecule has 21 heavy (non-hydrogen) atoms. The SMILES string of the molecule is CCC(C)C(=O)Oc1ccc(C[C@@H](NC)C(=O)O)cc1.Cl. The predicted molar refractivity (Wildman–Crippen MR) is 83.0 cm³/mol. The number of hydrogen-bond donors (Lipinski definition) is 2. The summed E-state index contributed by atoms with van der Waals surface area (Å²) in [5.41, 5.74) is 0.870. The Labute approximate surface area is 131 Å². The molecule has 1 unspecified atom stereocenters. The minimum absolute atomic E-state index is 0. The minimum Gasteiger partial charge on any atom is -0.480 e. The summed E-state index contributed by atoms with van der Waals surface area (Å²) in [7, 11) is 1.61. The Kier molecular flexibility index (Phi) is 8.66. The maximum Gasteiger partial charge on any atom is 0.321 e. The van der Waals surface area contributed by atoms with Crippen LogP contribution in [0.3, 0.4) is 0 Å². The summed E-state index contributed by atoms with van der Waals surface area (Å²) in [4.78, 5) is 22.6. The van der Waals surface area contributed by atoms with Crippen molar-refractivity contribution >= 4 is 24.3 Å². The molecule has 0 amide bonds. The molecule has 0 aliphatic carbocycles. The van der Waals surface area contributed by atoms with Gasteiger partial charge in [0.25, 0.3) is 0 Å². The van der Waals surface area contributed by atoms with Crippen LogP contribution in [0, 0.1) is 5.92 Å². The number of halogens is 1. The van der Waals surface area contributed by atoms with Gasteiger partial charge in [0.05, 0.1) is 5.92 Å². The van der Waals surface area contributed by atoms with E-state index in [4.69, 9.17) is 9.84 Å². The van der Waals surface area contributed by atoms with Gasteiger partial charge in [-0.3, -0.25) is 9.59 Å². The summed E-state index contributed by atoms with van der Waals surface area (Å²) < 4.78 is 5.23. The highest BCUT2D eigenvalue weighted by Gasteiger charge is 2.16. The van der Waals surface area contributed by atoms with E-state index in [0.717, 1.165) is 12.0 Å². The van der Waals surface area contributed by atoms with E-state index < -0.39 is 12.0 Å². The van der Waals surface area contributed by atoms with Crippen molar-refractivity contribution in [2.45, 2.75) is 32.7 Å². The number of carboxylic acids is 1. The van der Waals surface area contributed by atoms with E-state index in [1.54, 1.807) is 31.3 Å². The molecule has 5 nitrogen and oxygen atoms in total. The van der Waals surface area contributed by atoms with Crippen LogP contribution in [-0.4, -0.2) is 30.1 Å². The molecular weight excluding hydrogens is 294 g/mol. The zero-order valence-corrected chi connectivity index (χ0v) is 13.3. The number of ether oxygens (including phenoxy) is 1. The van der Waals surface area contributed by atoms with Crippen LogP contribution in [0.1, 0.15) is 25.8 Å². The zero-order chi connectivity index (χ0) is 15.1. The Morgan fingerprint density at radius 2 is 1.86 bits per heavy atom. The van der Waals surface area contributed by atoms with Gasteiger partial charge in [0.1, 0.15) is 11.8 Å². The van der Waals surface area contributed by atoms with Gasteiger partial charge in [-0.25, -0.2) is 0 Å². The molecular formula is C15H22ClNO4. The summed E-state index contributed by atoms with van der Waals surface area (Å²) >= 11 is 0. The second kappa shape index (κ2) is 9.37. The number of benzene rings is 1. The second-order valence-electron chi connectivity index (χ2n) is 4.76. The van der Waals surface area contributed by atoms with Crippen molar-refractivity contribution in [1.82, 2.24) is 5.32 Å². The monoisotopic (exact) mass is 315 g/mol. The lowest BCUT2D eigenvalue weighted by Gasteiger charge is -2.12. The maximum absolute atomic E-state index is 11.6. The lowest BCUT2D eigenvalue weighted by molar-refractivity contribution is -0.139. The van der Waals surface area contributed by atoms with Crippen molar-refractivity contribution in [2.75, 3.05) is 7.05 Å². The van der Waals surface area contributed by atoms with E-state index in [2.05, 4.69) is 5.32 Å². The molecule has 0 aliphatic rings. The van der Waals surface area contributed by atoms with Gasteiger partial charge in [-0.2, -0.15) is 0 Å². The molecule has 118 valence electrons. The molecule has 2 atom stereocenters. The Morgan fingerprint density at radius 3 is 2.29 bits per heavy atom. The molecule has 0 fully saturated rings. The van der Waals surface area contributed by atoms with Crippen LogP contribution in [0.4, 0.5) is 0 Å². The Bertz CT molecular complexity index is 461. The fraction of sp³-hybridized carbons (Fsp3) is 0.467. The molecule has 0 radical (unpaired) electrons. The number of nitrogens with one attached hydrogen (secondary N) is 1. The van der Waals surface area contributed by atoms with E-state index in [1.807, 2.05) is 13.8 Å². The first-order chi connectivity index (χ1) is 9.47. The van der Waals surface area contributed by atoms with Crippen molar-refractivity contribution in [1.29, 1.82) is 0 Å². The van der Waals surface area contributed by atoms with Crippen LogP contribution in [0.5, 0.6) is 5.75 Å². The number of likely N-dealkylation sites (N-methyl/N-ethyl adjacent to an activating group) is 1. The molecule has 0 saturated carbocycles. The molecule has 2 N–H and O–H groups in total. The number of carbonyl (C=O) groups is 2. The van der Waals surface area contributed by atoms with Crippen molar-refractivity contribution < 1.29 is 19.4 Å². The number of carboxylic acid groups (broad SMARTS) is 1. The third kappa shape index (κ3) is 6.14. The first kappa shape index (κ1) is 19.4. The fourth-order valence-corrected chi connectivity index (χ4v) is 1.63. The molecule has 0 aromatic heterocycles. The maximum atomic E-state index is 11.6. The average Bonchev–Trinajstić information content (AvgIpc) is 2.45. The third-order valence-corrected chi connectivity index (χ3v) is 3.24. The standard InChI is InChI=1S/C15H21NO4.ClH/c1-4-10(2)15(19)20-12-7-5-11(6-8-12)9-13(16-3)14(17)18;/h5-8,10,13,16H,4,9H2,1-3H3,(H,17,18);1H/t10?,13-;/m1./s1. The Hall–Kier alpha value is -1.59. The number of rotatable bonds is 7. The van der Waals surface area contributed by atoms with Crippen LogP contribution in [0.25, 0.3) is 0 Å². The molecule has 0 heterocycles. The van der Waals surface area contributed by atoms with Gasteiger partial charge in [-0.15, -0.1) is 12.4 Å². The molecule has 0 aliphatic heterocycles. The summed E-state index contributed by atoms with van der Waals surface area (Å²) in [5.74, 6) is -0.788. The summed E-state index contributed by atoms with van der Waals surface area (Å²) in [5, 5.41) is 11.7. The molecule has 0 bridgehead atoms. The van der Waals surface area contributed by atoms with Crippen LogP contribution in [0.2, 0.25) is 0 Å². The van der Waals surface area contributed by atoms with Gasteiger partial charge in [-0.05, 0) is 37.6 Å². The Morgan fingerprint density at radius 1 is 1.29 bits per heavy atom. The van der Waals surface area contributed by atoms with E-state index in [0.29, 0.717) is 12.2 Å². The molecule has 1 aromatic carbocycles. The van der Waals surface area contributed by atoms with Crippen molar-refractivity contribution in [3.8, 4) is 5.75 Å². The lowest BCUT2D eigenvalue weighted by atomic mass is 10.1. The predicted octanol–water partition coefficient (Wildman–Crippen LogP) is 2.27. The molecule has 0 saturated heterocycles. The highest BCUT2D eigenvalue weighted by atomic mass is 35.5. The van der Waals surface area contributed by atoms with Crippen LogP contribution in [0.15, 0.2) is 24.3 Å².